The van der Waals surface area contributed by atoms with Crippen LogP contribution >= 0.6 is 0 Å². The van der Waals surface area contributed by atoms with Crippen LogP contribution in [0.15, 0.2) is 18.2 Å². The topological polar surface area (TPSA) is 70.8 Å². The van der Waals surface area contributed by atoms with Crippen molar-refractivity contribution in [1.29, 1.82) is 0 Å². The summed E-state index contributed by atoms with van der Waals surface area (Å²) in [6, 6.07) is 5.40. The standard InChI is InChI=1S/C15H21NO4/c1-4-18-14(17)9-19-10-5-6-11-12(16)8-15(2,3)20-13(11)7-10/h5-7,12H,4,8-9,16H2,1-3H3. The maximum atomic E-state index is 11.3. The highest BCUT2D eigenvalue weighted by atomic mass is 16.6. The van der Waals surface area contributed by atoms with Crippen LogP contribution in [-0.2, 0) is 9.53 Å². The Labute approximate surface area is 119 Å². The van der Waals surface area contributed by atoms with E-state index < -0.39 is 0 Å². The van der Waals surface area contributed by atoms with E-state index in [1.165, 1.54) is 0 Å². The first-order valence-electron chi connectivity index (χ1n) is 6.78. The summed E-state index contributed by atoms with van der Waals surface area (Å²) in [5.74, 6) is 0.903. The first-order valence-corrected chi connectivity index (χ1v) is 6.78. The molecule has 20 heavy (non-hydrogen) atoms. The number of rotatable bonds is 4. The Hall–Kier alpha value is -1.75. The van der Waals surface area contributed by atoms with Crippen molar-refractivity contribution >= 4 is 5.97 Å². The number of benzene rings is 1. The van der Waals surface area contributed by atoms with Gasteiger partial charge in [0.2, 0.25) is 0 Å². The molecule has 0 radical (unpaired) electrons. The van der Waals surface area contributed by atoms with Gasteiger partial charge in [-0.3, -0.25) is 0 Å². The monoisotopic (exact) mass is 279 g/mol. The molecule has 1 atom stereocenters. The molecule has 0 fully saturated rings. The lowest BCUT2D eigenvalue weighted by molar-refractivity contribution is -0.145. The van der Waals surface area contributed by atoms with E-state index in [1.807, 2.05) is 19.9 Å². The molecule has 0 saturated carbocycles. The van der Waals surface area contributed by atoms with Crippen LogP contribution in [0.5, 0.6) is 11.5 Å². The maximum Gasteiger partial charge on any atom is 0.344 e. The van der Waals surface area contributed by atoms with Gasteiger partial charge in [0.05, 0.1) is 6.61 Å². The second kappa shape index (κ2) is 5.71. The Kier molecular flexibility index (Phi) is 4.18. The predicted octanol–water partition coefficient (Wildman–Crippen LogP) is 2.19. The first-order chi connectivity index (χ1) is 9.41. The highest BCUT2D eigenvalue weighted by molar-refractivity contribution is 5.71. The number of ether oxygens (including phenoxy) is 3. The van der Waals surface area contributed by atoms with Crippen LogP contribution < -0.4 is 15.2 Å². The maximum absolute atomic E-state index is 11.3. The normalized spacial score (nSPS) is 19.7. The van der Waals surface area contributed by atoms with Gasteiger partial charge in [-0.15, -0.1) is 0 Å². The van der Waals surface area contributed by atoms with E-state index in [0.717, 1.165) is 17.7 Å². The largest absolute Gasteiger partial charge is 0.487 e. The lowest BCUT2D eigenvalue weighted by Crippen LogP contribution is -2.37. The van der Waals surface area contributed by atoms with Gasteiger partial charge in [-0.1, -0.05) is 6.07 Å². The minimum atomic E-state index is -0.386. The van der Waals surface area contributed by atoms with Crippen LogP contribution in [0.2, 0.25) is 0 Å². The molecule has 0 bridgehead atoms. The molecular weight excluding hydrogens is 258 g/mol. The SMILES string of the molecule is CCOC(=O)COc1ccc2c(c1)OC(C)(C)CC2N. The molecule has 110 valence electrons. The van der Waals surface area contributed by atoms with Crippen LogP contribution in [0, 0.1) is 0 Å². The van der Waals surface area contributed by atoms with Crippen molar-refractivity contribution in [3.8, 4) is 11.5 Å². The molecule has 5 nitrogen and oxygen atoms in total. The molecule has 2 rings (SSSR count). The molecule has 2 N–H and O–H groups in total. The van der Waals surface area contributed by atoms with Crippen LogP contribution in [-0.4, -0.2) is 24.8 Å². The zero-order chi connectivity index (χ0) is 14.8. The fourth-order valence-corrected chi connectivity index (χ4v) is 2.32. The molecule has 0 aromatic heterocycles. The summed E-state index contributed by atoms with van der Waals surface area (Å²) >= 11 is 0. The van der Waals surface area contributed by atoms with Gasteiger partial charge >= 0.3 is 5.97 Å². The summed E-state index contributed by atoms with van der Waals surface area (Å²) in [7, 11) is 0. The summed E-state index contributed by atoms with van der Waals surface area (Å²) < 4.78 is 16.1. The van der Waals surface area contributed by atoms with Gasteiger partial charge in [-0.05, 0) is 26.8 Å². The van der Waals surface area contributed by atoms with E-state index in [1.54, 1.807) is 19.1 Å². The Morgan fingerprint density at radius 1 is 1.50 bits per heavy atom. The van der Waals surface area contributed by atoms with E-state index in [2.05, 4.69) is 0 Å². The summed E-state index contributed by atoms with van der Waals surface area (Å²) in [6.45, 7) is 6.00. The third-order valence-corrected chi connectivity index (χ3v) is 3.14. The van der Waals surface area contributed by atoms with Crippen LogP contribution in [0.3, 0.4) is 0 Å². The molecule has 0 spiro atoms. The Morgan fingerprint density at radius 2 is 2.25 bits per heavy atom. The number of carbonyl (C=O) groups is 1. The number of hydrogen-bond donors (Lipinski definition) is 1. The number of hydrogen-bond acceptors (Lipinski definition) is 5. The average Bonchev–Trinajstić information content (AvgIpc) is 2.34. The second-order valence-electron chi connectivity index (χ2n) is 5.47. The number of esters is 1. The van der Waals surface area contributed by atoms with E-state index >= 15 is 0 Å². The molecule has 1 unspecified atom stereocenters. The molecule has 0 aliphatic carbocycles. The predicted molar refractivity (Wildman–Crippen MR) is 74.8 cm³/mol. The van der Waals surface area contributed by atoms with E-state index in [0.29, 0.717) is 12.4 Å². The number of nitrogens with two attached hydrogens (primary N) is 1. The van der Waals surface area contributed by atoms with E-state index in [4.69, 9.17) is 19.9 Å². The zero-order valence-electron chi connectivity index (χ0n) is 12.1. The number of fused-ring (bicyclic) bond motifs is 1. The minimum Gasteiger partial charge on any atom is -0.487 e. The van der Waals surface area contributed by atoms with Crippen LogP contribution in [0.25, 0.3) is 0 Å². The van der Waals surface area contributed by atoms with Gasteiger partial charge in [-0.25, -0.2) is 4.79 Å². The molecule has 1 aliphatic rings. The molecular formula is C15H21NO4. The minimum absolute atomic E-state index is 0.0483. The first kappa shape index (κ1) is 14.7. The second-order valence-corrected chi connectivity index (χ2v) is 5.47. The van der Waals surface area contributed by atoms with Gasteiger partial charge in [0.15, 0.2) is 6.61 Å². The summed E-state index contributed by atoms with van der Waals surface area (Å²) in [5, 5.41) is 0. The molecule has 1 aromatic carbocycles. The quantitative estimate of drug-likeness (QED) is 0.855. The van der Waals surface area contributed by atoms with Crippen LogP contribution in [0.4, 0.5) is 0 Å². The highest BCUT2D eigenvalue weighted by Gasteiger charge is 2.31. The van der Waals surface area contributed by atoms with Crippen molar-refractivity contribution in [3.63, 3.8) is 0 Å². The van der Waals surface area contributed by atoms with Crippen molar-refractivity contribution in [3.05, 3.63) is 23.8 Å². The Morgan fingerprint density at radius 3 is 2.95 bits per heavy atom. The van der Waals surface area contributed by atoms with Crippen molar-refractivity contribution in [1.82, 2.24) is 0 Å². The smallest absolute Gasteiger partial charge is 0.344 e. The fourth-order valence-electron chi connectivity index (χ4n) is 2.32. The van der Waals surface area contributed by atoms with Crippen molar-refractivity contribution in [2.75, 3.05) is 13.2 Å². The molecule has 5 heteroatoms. The summed E-state index contributed by atoms with van der Waals surface area (Å²) in [5.41, 5.74) is 6.80. The molecule has 1 heterocycles. The van der Waals surface area contributed by atoms with Crippen molar-refractivity contribution in [2.45, 2.75) is 38.8 Å². The lowest BCUT2D eigenvalue weighted by atomic mass is 9.90. The summed E-state index contributed by atoms with van der Waals surface area (Å²) in [6.07, 6.45) is 0.767. The van der Waals surface area contributed by atoms with Gasteiger partial charge in [0, 0.05) is 24.1 Å². The highest BCUT2D eigenvalue weighted by Crippen LogP contribution is 2.39. The lowest BCUT2D eigenvalue weighted by Gasteiger charge is -2.36. The fraction of sp³-hybridized carbons (Fsp3) is 0.533. The molecule has 0 amide bonds. The molecule has 1 aliphatic heterocycles. The Bertz CT molecular complexity index is 499. The number of carbonyl (C=O) groups excluding carboxylic acids is 1. The Balaban J connectivity index is 2.09. The third-order valence-electron chi connectivity index (χ3n) is 3.14. The average molecular weight is 279 g/mol. The van der Waals surface area contributed by atoms with E-state index in [9.17, 15) is 4.79 Å². The van der Waals surface area contributed by atoms with Gasteiger partial charge in [-0.2, -0.15) is 0 Å². The van der Waals surface area contributed by atoms with Gasteiger partial charge in [0.25, 0.3) is 0 Å². The molecule has 1 aromatic rings. The van der Waals surface area contributed by atoms with Crippen molar-refractivity contribution < 1.29 is 19.0 Å². The zero-order valence-corrected chi connectivity index (χ0v) is 12.1. The van der Waals surface area contributed by atoms with Crippen molar-refractivity contribution in [2.24, 2.45) is 5.73 Å². The molecule has 0 saturated heterocycles. The van der Waals surface area contributed by atoms with Gasteiger partial charge in [0.1, 0.15) is 17.1 Å². The van der Waals surface area contributed by atoms with Gasteiger partial charge < -0.3 is 19.9 Å². The van der Waals surface area contributed by atoms with Crippen LogP contribution in [0.1, 0.15) is 38.8 Å². The summed E-state index contributed by atoms with van der Waals surface area (Å²) in [4.78, 5) is 11.3. The third kappa shape index (κ3) is 3.42. The van der Waals surface area contributed by atoms with E-state index in [-0.39, 0.29) is 24.2 Å².